The molecule has 0 spiro atoms. The van der Waals surface area contributed by atoms with Crippen LogP contribution in [0.3, 0.4) is 0 Å². The summed E-state index contributed by atoms with van der Waals surface area (Å²) in [5, 5.41) is 5.78. The largest absolute Gasteiger partial charge is 0.456 e. The first-order chi connectivity index (χ1) is 20.6. The summed E-state index contributed by atoms with van der Waals surface area (Å²) in [6.07, 6.45) is 0. The summed E-state index contributed by atoms with van der Waals surface area (Å²) in [5.74, 6) is 0.692. The van der Waals surface area contributed by atoms with Gasteiger partial charge in [-0.05, 0) is 63.4 Å². The second kappa shape index (κ2) is 8.37. The summed E-state index contributed by atoms with van der Waals surface area (Å²) in [5.41, 5.74) is 11.0. The lowest BCUT2D eigenvalue weighted by Gasteiger charge is -2.23. The van der Waals surface area contributed by atoms with E-state index >= 15 is 0 Å². The van der Waals surface area contributed by atoms with Crippen LogP contribution in [0.5, 0.6) is 0 Å². The van der Waals surface area contributed by atoms with Crippen molar-refractivity contribution in [1.29, 1.82) is 0 Å². The SMILES string of the molecule is CC1(C)c2ccccc2-c2ccc3ccc(-c4nc(-c5ccc6c(c5)oc5ccccc56)nc5ccccc45)cc3c21. The minimum absolute atomic E-state index is 0.0923. The third-order valence-electron chi connectivity index (χ3n) is 9.05. The molecule has 0 amide bonds. The van der Waals surface area contributed by atoms with Crippen LogP contribution in [0, 0.1) is 0 Å². The Bertz CT molecular complexity index is 2400. The first kappa shape index (κ1) is 23.4. The minimum atomic E-state index is -0.0923. The van der Waals surface area contributed by atoms with Crippen LogP contribution in [0.25, 0.3) is 77.4 Å². The van der Waals surface area contributed by atoms with Gasteiger partial charge in [0, 0.05) is 32.7 Å². The van der Waals surface area contributed by atoms with E-state index in [1.54, 1.807) is 0 Å². The van der Waals surface area contributed by atoms with Gasteiger partial charge in [0.25, 0.3) is 0 Å². The number of nitrogens with zero attached hydrogens (tertiary/aromatic N) is 2. The lowest BCUT2D eigenvalue weighted by Crippen LogP contribution is -2.15. The van der Waals surface area contributed by atoms with Crippen LogP contribution in [0.2, 0.25) is 0 Å². The predicted molar refractivity (Wildman–Crippen MR) is 173 cm³/mol. The summed E-state index contributed by atoms with van der Waals surface area (Å²) in [6, 6.07) is 42.9. The van der Waals surface area contributed by atoms with Crippen LogP contribution in [0.1, 0.15) is 25.0 Å². The maximum Gasteiger partial charge on any atom is 0.160 e. The molecule has 8 aromatic rings. The molecule has 2 heterocycles. The van der Waals surface area contributed by atoms with Crippen LogP contribution in [-0.2, 0) is 5.41 Å². The first-order valence-corrected chi connectivity index (χ1v) is 14.4. The van der Waals surface area contributed by atoms with Crippen LogP contribution in [-0.4, -0.2) is 9.97 Å². The van der Waals surface area contributed by atoms with Gasteiger partial charge in [0.05, 0.1) is 11.2 Å². The number of rotatable bonds is 2. The molecule has 3 nitrogen and oxygen atoms in total. The third-order valence-corrected chi connectivity index (χ3v) is 9.05. The van der Waals surface area contributed by atoms with Crippen molar-refractivity contribution in [2.45, 2.75) is 19.3 Å². The molecule has 0 unspecified atom stereocenters. The van der Waals surface area contributed by atoms with Crippen LogP contribution >= 0.6 is 0 Å². The molecule has 0 saturated heterocycles. The summed E-state index contributed by atoms with van der Waals surface area (Å²) in [4.78, 5) is 10.2. The Morgan fingerprint density at radius 1 is 0.548 bits per heavy atom. The van der Waals surface area contributed by atoms with Gasteiger partial charge in [-0.3, -0.25) is 0 Å². The summed E-state index contributed by atoms with van der Waals surface area (Å²) in [6.45, 7) is 4.69. The van der Waals surface area contributed by atoms with Crippen LogP contribution in [0.15, 0.2) is 126 Å². The third kappa shape index (κ3) is 3.22. The van der Waals surface area contributed by atoms with Crippen molar-refractivity contribution < 1.29 is 4.42 Å². The predicted octanol–water partition coefficient (Wildman–Crippen LogP) is 10.3. The highest BCUT2D eigenvalue weighted by molar-refractivity contribution is 6.06. The van der Waals surface area contributed by atoms with E-state index < -0.39 is 0 Å². The zero-order valence-corrected chi connectivity index (χ0v) is 23.3. The number of benzene rings is 6. The topological polar surface area (TPSA) is 38.9 Å². The van der Waals surface area contributed by atoms with E-state index in [1.165, 1.54) is 33.0 Å². The number of fused-ring (bicyclic) bond motifs is 9. The van der Waals surface area contributed by atoms with Gasteiger partial charge in [-0.25, -0.2) is 9.97 Å². The average molecular weight is 539 g/mol. The molecule has 1 aliphatic carbocycles. The van der Waals surface area contributed by atoms with Crippen molar-refractivity contribution in [2.75, 3.05) is 0 Å². The van der Waals surface area contributed by atoms with Gasteiger partial charge in [-0.2, -0.15) is 0 Å². The van der Waals surface area contributed by atoms with Gasteiger partial charge in [0.15, 0.2) is 5.82 Å². The van der Waals surface area contributed by atoms with Gasteiger partial charge in [-0.1, -0.05) is 105 Å². The number of para-hydroxylation sites is 2. The van der Waals surface area contributed by atoms with Crippen molar-refractivity contribution in [1.82, 2.24) is 9.97 Å². The van der Waals surface area contributed by atoms with Crippen molar-refractivity contribution in [3.63, 3.8) is 0 Å². The molecule has 198 valence electrons. The number of aromatic nitrogens is 2. The lowest BCUT2D eigenvalue weighted by atomic mass is 9.80. The van der Waals surface area contributed by atoms with Gasteiger partial charge in [0.1, 0.15) is 11.2 Å². The Morgan fingerprint density at radius 2 is 1.29 bits per heavy atom. The van der Waals surface area contributed by atoms with E-state index in [2.05, 4.69) is 111 Å². The highest BCUT2D eigenvalue weighted by atomic mass is 16.3. The second-order valence-corrected chi connectivity index (χ2v) is 11.8. The molecule has 0 radical (unpaired) electrons. The average Bonchev–Trinajstić information content (AvgIpc) is 3.52. The van der Waals surface area contributed by atoms with E-state index in [1.807, 2.05) is 24.3 Å². The van der Waals surface area contributed by atoms with Gasteiger partial charge < -0.3 is 4.42 Å². The van der Waals surface area contributed by atoms with Gasteiger partial charge >= 0.3 is 0 Å². The molecule has 2 aromatic heterocycles. The molecular weight excluding hydrogens is 512 g/mol. The number of furan rings is 1. The smallest absolute Gasteiger partial charge is 0.160 e. The van der Waals surface area contributed by atoms with E-state index in [0.29, 0.717) is 5.82 Å². The molecule has 3 heteroatoms. The maximum atomic E-state index is 6.20. The monoisotopic (exact) mass is 538 g/mol. The molecule has 42 heavy (non-hydrogen) atoms. The van der Waals surface area contributed by atoms with Crippen molar-refractivity contribution in [2.24, 2.45) is 0 Å². The molecular formula is C39H26N2O. The normalized spacial score (nSPS) is 13.7. The first-order valence-electron chi connectivity index (χ1n) is 14.4. The highest BCUT2D eigenvalue weighted by Crippen LogP contribution is 2.51. The summed E-state index contributed by atoms with van der Waals surface area (Å²) >= 11 is 0. The quantitative estimate of drug-likeness (QED) is 0.220. The number of hydrogen-bond acceptors (Lipinski definition) is 3. The van der Waals surface area contributed by atoms with E-state index in [-0.39, 0.29) is 5.41 Å². The minimum Gasteiger partial charge on any atom is -0.456 e. The van der Waals surface area contributed by atoms with Gasteiger partial charge in [-0.15, -0.1) is 0 Å². The molecule has 0 fully saturated rings. The van der Waals surface area contributed by atoms with E-state index in [0.717, 1.165) is 49.7 Å². The fourth-order valence-electron chi connectivity index (χ4n) is 7.05. The van der Waals surface area contributed by atoms with Crippen molar-refractivity contribution in [3.8, 4) is 33.8 Å². The highest BCUT2D eigenvalue weighted by Gasteiger charge is 2.36. The van der Waals surface area contributed by atoms with Gasteiger partial charge in [0.2, 0.25) is 0 Å². The fraction of sp³-hybridized carbons (Fsp3) is 0.0769. The standard InChI is InChI=1S/C39H26N2O/c1-39(2)32-12-6-3-9-26(32)29-20-17-23-15-16-24(21-31(23)36(29)39)37-30-11-4-7-13-33(30)40-38(41-37)25-18-19-28-27-10-5-8-14-34(27)42-35(28)22-25/h3-22H,1-2H3. The zero-order chi connectivity index (χ0) is 28.0. The molecule has 0 N–H and O–H groups in total. The summed E-state index contributed by atoms with van der Waals surface area (Å²) in [7, 11) is 0. The molecule has 9 rings (SSSR count). The molecule has 0 bridgehead atoms. The summed E-state index contributed by atoms with van der Waals surface area (Å²) < 4.78 is 6.20. The van der Waals surface area contributed by atoms with Crippen molar-refractivity contribution >= 4 is 43.6 Å². The van der Waals surface area contributed by atoms with Crippen LogP contribution < -0.4 is 0 Å². The maximum absolute atomic E-state index is 6.20. The van der Waals surface area contributed by atoms with Crippen molar-refractivity contribution in [3.05, 3.63) is 132 Å². The Morgan fingerprint density at radius 3 is 2.21 bits per heavy atom. The molecule has 6 aromatic carbocycles. The zero-order valence-electron chi connectivity index (χ0n) is 23.3. The number of hydrogen-bond donors (Lipinski definition) is 0. The Labute approximate surface area is 243 Å². The lowest BCUT2D eigenvalue weighted by molar-refractivity contribution is 0.666. The molecule has 0 atom stereocenters. The Balaban J connectivity index is 1.27. The Kier molecular flexibility index (Phi) is 4.67. The Hall–Kier alpha value is -5.28. The van der Waals surface area contributed by atoms with E-state index in [4.69, 9.17) is 14.4 Å². The molecule has 1 aliphatic rings. The molecule has 0 saturated carbocycles. The van der Waals surface area contributed by atoms with E-state index in [9.17, 15) is 0 Å². The second-order valence-electron chi connectivity index (χ2n) is 11.8. The molecule has 0 aliphatic heterocycles. The fourth-order valence-corrected chi connectivity index (χ4v) is 7.05. The van der Waals surface area contributed by atoms with Crippen LogP contribution in [0.4, 0.5) is 0 Å².